The summed E-state index contributed by atoms with van der Waals surface area (Å²) in [7, 11) is 0. The average Bonchev–Trinajstić information content (AvgIpc) is 2.65. The Morgan fingerprint density at radius 3 is 3.14 bits per heavy atom. The van der Waals surface area contributed by atoms with E-state index in [9.17, 15) is 4.39 Å². The van der Waals surface area contributed by atoms with Gasteiger partial charge in [0.25, 0.3) is 0 Å². The first-order valence-corrected chi connectivity index (χ1v) is 3.97. The van der Waals surface area contributed by atoms with Gasteiger partial charge in [-0.05, 0) is 22.6 Å². The number of fused-ring (bicyclic) bond motifs is 3. The van der Waals surface area contributed by atoms with E-state index in [1.54, 1.807) is 12.1 Å². The Morgan fingerprint density at radius 2 is 2.21 bits per heavy atom. The van der Waals surface area contributed by atoms with Crippen molar-refractivity contribution >= 4 is 16.7 Å². The lowest BCUT2D eigenvalue weighted by molar-refractivity contribution is 0.631. The van der Waals surface area contributed by atoms with Crippen molar-refractivity contribution in [3.63, 3.8) is 0 Å². The van der Waals surface area contributed by atoms with Crippen molar-refractivity contribution in [1.29, 1.82) is 0 Å². The maximum Gasteiger partial charge on any atom is 0.198 e. The van der Waals surface area contributed by atoms with Gasteiger partial charge in [0.15, 0.2) is 11.5 Å². The number of para-hydroxylation sites is 1. The Morgan fingerprint density at radius 1 is 1.29 bits per heavy atom. The molecule has 2 heterocycles. The van der Waals surface area contributed by atoms with Crippen molar-refractivity contribution in [1.82, 2.24) is 25.0 Å². The molecule has 0 N–H and O–H groups in total. The zero-order chi connectivity index (χ0) is 9.54. The fraction of sp³-hybridized carbons (Fsp3) is 0. The van der Waals surface area contributed by atoms with E-state index in [4.69, 9.17) is 0 Å². The van der Waals surface area contributed by atoms with E-state index in [1.807, 2.05) is 0 Å². The second kappa shape index (κ2) is 2.44. The van der Waals surface area contributed by atoms with Crippen molar-refractivity contribution in [2.24, 2.45) is 0 Å². The largest absolute Gasteiger partial charge is 0.250 e. The van der Waals surface area contributed by atoms with Gasteiger partial charge in [0.2, 0.25) is 0 Å². The predicted octanol–water partition coefficient (Wildman–Crippen LogP) is 0.812. The normalized spacial score (nSPS) is 11.2. The van der Waals surface area contributed by atoms with Crippen LogP contribution >= 0.6 is 0 Å². The monoisotopic (exact) mass is 189 g/mol. The van der Waals surface area contributed by atoms with Gasteiger partial charge in [-0.25, -0.2) is 4.39 Å². The van der Waals surface area contributed by atoms with Gasteiger partial charge in [0, 0.05) is 0 Å². The van der Waals surface area contributed by atoms with E-state index < -0.39 is 0 Å². The fourth-order valence-electron chi connectivity index (χ4n) is 1.38. The first-order valence-electron chi connectivity index (χ1n) is 3.97. The molecule has 0 saturated heterocycles. The summed E-state index contributed by atoms with van der Waals surface area (Å²) in [6.07, 6.45) is 1.50. The van der Waals surface area contributed by atoms with Crippen LogP contribution in [0.1, 0.15) is 0 Å². The van der Waals surface area contributed by atoms with Gasteiger partial charge >= 0.3 is 0 Å². The van der Waals surface area contributed by atoms with Crippen LogP contribution in [0.4, 0.5) is 4.39 Å². The van der Waals surface area contributed by atoms with E-state index in [0.717, 1.165) is 0 Å². The summed E-state index contributed by atoms with van der Waals surface area (Å²) >= 11 is 0. The molecular formula is C8H4FN5. The molecule has 3 aromatic rings. The topological polar surface area (TPSA) is 56.0 Å². The van der Waals surface area contributed by atoms with Gasteiger partial charge in [-0.2, -0.15) is 4.52 Å². The van der Waals surface area contributed by atoms with Crippen molar-refractivity contribution in [3.05, 3.63) is 30.2 Å². The van der Waals surface area contributed by atoms with Crippen LogP contribution in [-0.2, 0) is 0 Å². The maximum absolute atomic E-state index is 13.4. The van der Waals surface area contributed by atoms with Crippen molar-refractivity contribution < 1.29 is 4.39 Å². The molecule has 0 aliphatic heterocycles. The molecule has 0 aliphatic carbocycles. The Kier molecular flexibility index (Phi) is 1.27. The molecule has 0 radical (unpaired) electrons. The minimum Gasteiger partial charge on any atom is -0.250 e. The summed E-state index contributed by atoms with van der Waals surface area (Å²) in [4.78, 5) is 4.04. The first kappa shape index (κ1) is 7.31. The van der Waals surface area contributed by atoms with E-state index in [2.05, 4.69) is 20.5 Å². The van der Waals surface area contributed by atoms with Crippen molar-refractivity contribution in [3.8, 4) is 0 Å². The van der Waals surface area contributed by atoms with Gasteiger partial charge in [-0.1, -0.05) is 6.07 Å². The Labute approximate surface area is 77.2 Å². The predicted molar refractivity (Wildman–Crippen MR) is 46.0 cm³/mol. The first-order chi connectivity index (χ1) is 6.86. The standard InChI is InChI=1S/C8H4FN5/c9-5-2-1-3-6-8(5)14-7(4-10-6)11-12-13-14/h1-4H. The summed E-state index contributed by atoms with van der Waals surface area (Å²) in [6, 6.07) is 4.66. The van der Waals surface area contributed by atoms with Gasteiger partial charge in [0.1, 0.15) is 5.52 Å². The molecule has 3 rings (SSSR count). The third-order valence-electron chi connectivity index (χ3n) is 1.99. The highest BCUT2D eigenvalue weighted by atomic mass is 19.1. The molecular weight excluding hydrogens is 185 g/mol. The van der Waals surface area contributed by atoms with Gasteiger partial charge in [0.05, 0.1) is 11.7 Å². The lowest BCUT2D eigenvalue weighted by Crippen LogP contribution is -1.95. The zero-order valence-corrected chi connectivity index (χ0v) is 6.92. The number of rotatable bonds is 0. The van der Waals surface area contributed by atoms with Crippen LogP contribution in [0.5, 0.6) is 0 Å². The van der Waals surface area contributed by atoms with Crippen LogP contribution in [0.15, 0.2) is 24.4 Å². The number of aromatic nitrogens is 5. The molecule has 0 atom stereocenters. The smallest absolute Gasteiger partial charge is 0.198 e. The van der Waals surface area contributed by atoms with E-state index in [1.165, 1.54) is 16.8 Å². The van der Waals surface area contributed by atoms with Crippen LogP contribution in [0, 0.1) is 5.82 Å². The number of halogens is 1. The maximum atomic E-state index is 13.4. The third-order valence-corrected chi connectivity index (χ3v) is 1.99. The van der Waals surface area contributed by atoms with Crippen LogP contribution in [0.2, 0.25) is 0 Å². The van der Waals surface area contributed by atoms with Gasteiger partial charge in [-0.15, -0.1) is 5.10 Å². The average molecular weight is 189 g/mol. The molecule has 1 aromatic carbocycles. The molecule has 0 unspecified atom stereocenters. The highest BCUT2D eigenvalue weighted by Gasteiger charge is 2.07. The summed E-state index contributed by atoms with van der Waals surface area (Å²) < 4.78 is 14.8. The lowest BCUT2D eigenvalue weighted by atomic mass is 10.3. The van der Waals surface area contributed by atoms with Crippen LogP contribution in [0.25, 0.3) is 16.7 Å². The molecule has 0 spiro atoms. The molecule has 0 aliphatic rings. The summed E-state index contributed by atoms with van der Waals surface area (Å²) in [6.45, 7) is 0. The Balaban J connectivity index is 2.67. The molecule has 0 saturated carbocycles. The van der Waals surface area contributed by atoms with Gasteiger partial charge in [-0.3, -0.25) is 4.98 Å². The van der Waals surface area contributed by atoms with Crippen molar-refractivity contribution in [2.45, 2.75) is 0 Å². The number of hydrogen-bond donors (Lipinski definition) is 0. The minimum absolute atomic E-state index is 0.301. The third kappa shape index (κ3) is 0.819. The molecule has 68 valence electrons. The number of tetrazole rings is 1. The fourth-order valence-corrected chi connectivity index (χ4v) is 1.38. The highest BCUT2D eigenvalue weighted by Crippen LogP contribution is 2.14. The Hall–Kier alpha value is -2.11. The van der Waals surface area contributed by atoms with Crippen molar-refractivity contribution in [2.75, 3.05) is 0 Å². The number of benzene rings is 1. The quantitative estimate of drug-likeness (QED) is 0.525. The van der Waals surface area contributed by atoms with Crippen LogP contribution in [-0.4, -0.2) is 25.0 Å². The van der Waals surface area contributed by atoms with E-state index in [-0.39, 0.29) is 5.82 Å². The summed E-state index contributed by atoms with van der Waals surface area (Å²) in [5.74, 6) is -0.382. The molecule has 14 heavy (non-hydrogen) atoms. The molecule has 5 nitrogen and oxygen atoms in total. The number of hydrogen-bond acceptors (Lipinski definition) is 4. The SMILES string of the molecule is Fc1cccc2ncc3nnnn3c12. The second-order valence-corrected chi connectivity index (χ2v) is 2.81. The van der Waals surface area contributed by atoms with E-state index >= 15 is 0 Å². The Bertz CT molecular complexity index is 617. The molecule has 0 fully saturated rings. The summed E-state index contributed by atoms with van der Waals surface area (Å²) in [5.41, 5.74) is 1.27. The highest BCUT2D eigenvalue weighted by molar-refractivity contribution is 5.77. The van der Waals surface area contributed by atoms with Crippen LogP contribution in [0.3, 0.4) is 0 Å². The molecule has 0 amide bonds. The molecule has 0 bridgehead atoms. The van der Waals surface area contributed by atoms with Crippen LogP contribution < -0.4 is 0 Å². The summed E-state index contributed by atoms with van der Waals surface area (Å²) in [5, 5.41) is 10.8. The zero-order valence-electron chi connectivity index (χ0n) is 6.92. The number of nitrogens with zero attached hydrogens (tertiary/aromatic N) is 5. The minimum atomic E-state index is -0.382. The second-order valence-electron chi connectivity index (χ2n) is 2.81. The molecule has 2 aromatic heterocycles. The lowest BCUT2D eigenvalue weighted by Gasteiger charge is -1.98. The van der Waals surface area contributed by atoms with Gasteiger partial charge < -0.3 is 0 Å². The molecule has 6 heteroatoms. The van der Waals surface area contributed by atoms with E-state index in [0.29, 0.717) is 16.7 Å².